The Balaban J connectivity index is 2.11. The van der Waals surface area contributed by atoms with E-state index in [1.54, 1.807) is 4.90 Å². The first-order chi connectivity index (χ1) is 8.68. The van der Waals surface area contributed by atoms with Gasteiger partial charge in [-0.05, 0) is 30.2 Å². The van der Waals surface area contributed by atoms with Crippen LogP contribution in [0.5, 0.6) is 0 Å². The molecule has 0 spiro atoms. The van der Waals surface area contributed by atoms with Gasteiger partial charge in [-0.15, -0.1) is 0 Å². The van der Waals surface area contributed by atoms with Crippen molar-refractivity contribution in [2.45, 2.75) is 6.42 Å². The Morgan fingerprint density at radius 2 is 1.61 bits per heavy atom. The lowest BCUT2D eigenvalue weighted by Crippen LogP contribution is -2.15. The van der Waals surface area contributed by atoms with Crippen molar-refractivity contribution in [2.75, 3.05) is 11.4 Å². The Kier molecular flexibility index (Phi) is 2.51. The molecule has 0 N–H and O–H groups in total. The third-order valence-electron chi connectivity index (χ3n) is 3.19. The number of fused-ring (bicyclic) bond motifs is 1. The van der Waals surface area contributed by atoms with Crippen LogP contribution in [0, 0.1) is 17.5 Å². The molecule has 0 saturated heterocycles. The van der Waals surface area contributed by atoms with Crippen LogP contribution in [-0.2, 0) is 6.42 Å². The first kappa shape index (κ1) is 11.1. The molecule has 0 aromatic heterocycles. The van der Waals surface area contributed by atoms with Crippen molar-refractivity contribution in [1.29, 1.82) is 0 Å². The average molecular weight is 249 g/mol. The van der Waals surface area contributed by atoms with Gasteiger partial charge in [-0.25, -0.2) is 13.2 Å². The normalized spacial score (nSPS) is 13.8. The van der Waals surface area contributed by atoms with Crippen LogP contribution >= 0.6 is 0 Å². The monoisotopic (exact) mass is 249 g/mol. The molecule has 1 heterocycles. The number of nitrogens with zero attached hydrogens (tertiary/aromatic N) is 1. The summed E-state index contributed by atoms with van der Waals surface area (Å²) in [5.74, 6) is -3.72. The second-order valence-corrected chi connectivity index (χ2v) is 4.22. The average Bonchev–Trinajstić information content (AvgIpc) is 2.80. The Labute approximate surface area is 102 Å². The zero-order chi connectivity index (χ0) is 12.7. The highest BCUT2D eigenvalue weighted by Crippen LogP contribution is 2.36. The number of anilines is 2. The summed E-state index contributed by atoms with van der Waals surface area (Å²) in [4.78, 5) is 1.67. The van der Waals surface area contributed by atoms with E-state index in [-0.39, 0.29) is 5.69 Å². The first-order valence-corrected chi connectivity index (χ1v) is 5.67. The summed E-state index contributed by atoms with van der Waals surface area (Å²) < 4.78 is 39.9. The van der Waals surface area contributed by atoms with Crippen molar-refractivity contribution in [3.05, 3.63) is 59.4 Å². The van der Waals surface area contributed by atoms with E-state index in [0.717, 1.165) is 23.7 Å². The van der Waals surface area contributed by atoms with E-state index in [0.29, 0.717) is 6.54 Å². The zero-order valence-electron chi connectivity index (χ0n) is 9.46. The molecule has 1 aliphatic rings. The maximum atomic E-state index is 13.8. The molecular formula is C14H10F3N. The van der Waals surface area contributed by atoms with Gasteiger partial charge in [-0.1, -0.05) is 18.2 Å². The smallest absolute Gasteiger partial charge is 0.196 e. The predicted molar refractivity (Wildman–Crippen MR) is 63.5 cm³/mol. The highest BCUT2D eigenvalue weighted by molar-refractivity contribution is 5.70. The van der Waals surface area contributed by atoms with Gasteiger partial charge in [-0.3, -0.25) is 0 Å². The van der Waals surface area contributed by atoms with Gasteiger partial charge in [0.1, 0.15) is 0 Å². The van der Waals surface area contributed by atoms with Crippen molar-refractivity contribution in [3.63, 3.8) is 0 Å². The molecular weight excluding hydrogens is 239 g/mol. The Hall–Kier alpha value is -1.97. The maximum absolute atomic E-state index is 13.8. The standard InChI is InChI=1S/C14H10F3N/c15-10-5-6-12(14(17)13(10)16)18-8-7-9-3-1-2-4-11(9)18/h1-6H,7-8H2. The summed E-state index contributed by atoms with van der Waals surface area (Å²) in [5, 5.41) is 0. The Bertz CT molecular complexity index is 610. The number of benzene rings is 2. The maximum Gasteiger partial charge on any atom is 0.196 e. The highest BCUT2D eigenvalue weighted by atomic mass is 19.2. The molecule has 0 radical (unpaired) electrons. The van der Waals surface area contributed by atoms with E-state index >= 15 is 0 Å². The van der Waals surface area contributed by atoms with Gasteiger partial charge in [0.15, 0.2) is 17.5 Å². The van der Waals surface area contributed by atoms with Crippen LogP contribution in [0.25, 0.3) is 0 Å². The molecule has 4 heteroatoms. The summed E-state index contributed by atoms with van der Waals surface area (Å²) in [6.07, 6.45) is 0.772. The minimum atomic E-state index is -1.42. The lowest BCUT2D eigenvalue weighted by Gasteiger charge is -2.20. The van der Waals surface area contributed by atoms with E-state index in [9.17, 15) is 13.2 Å². The molecule has 1 aliphatic heterocycles. The van der Waals surface area contributed by atoms with E-state index in [1.807, 2.05) is 24.3 Å². The van der Waals surface area contributed by atoms with Crippen molar-refractivity contribution in [2.24, 2.45) is 0 Å². The molecule has 0 amide bonds. The zero-order valence-corrected chi connectivity index (χ0v) is 9.46. The largest absolute Gasteiger partial charge is 0.338 e. The number of halogens is 3. The molecule has 2 aromatic carbocycles. The van der Waals surface area contributed by atoms with Crippen LogP contribution in [0.4, 0.5) is 24.5 Å². The van der Waals surface area contributed by atoms with Crippen LogP contribution in [0.15, 0.2) is 36.4 Å². The van der Waals surface area contributed by atoms with Gasteiger partial charge in [0.25, 0.3) is 0 Å². The summed E-state index contributed by atoms with van der Waals surface area (Å²) in [7, 11) is 0. The van der Waals surface area contributed by atoms with Gasteiger partial charge < -0.3 is 4.90 Å². The fraction of sp³-hybridized carbons (Fsp3) is 0.143. The van der Waals surface area contributed by atoms with E-state index in [4.69, 9.17) is 0 Å². The van der Waals surface area contributed by atoms with Crippen molar-refractivity contribution in [1.82, 2.24) is 0 Å². The number of hydrogen-bond donors (Lipinski definition) is 0. The van der Waals surface area contributed by atoms with E-state index in [1.165, 1.54) is 6.07 Å². The lowest BCUT2D eigenvalue weighted by atomic mass is 10.2. The van der Waals surface area contributed by atoms with Gasteiger partial charge in [0.2, 0.25) is 0 Å². The topological polar surface area (TPSA) is 3.24 Å². The minimum absolute atomic E-state index is 0.0823. The van der Waals surface area contributed by atoms with Crippen molar-refractivity contribution < 1.29 is 13.2 Å². The van der Waals surface area contributed by atoms with Crippen LogP contribution in [0.3, 0.4) is 0 Å². The summed E-state index contributed by atoms with van der Waals surface area (Å²) >= 11 is 0. The minimum Gasteiger partial charge on any atom is -0.338 e. The molecule has 0 atom stereocenters. The Morgan fingerprint density at radius 1 is 0.833 bits per heavy atom. The van der Waals surface area contributed by atoms with Gasteiger partial charge in [0, 0.05) is 12.2 Å². The van der Waals surface area contributed by atoms with Crippen LogP contribution in [0.1, 0.15) is 5.56 Å². The van der Waals surface area contributed by atoms with E-state index < -0.39 is 17.5 Å². The molecule has 0 bridgehead atoms. The van der Waals surface area contributed by atoms with Crippen LogP contribution in [0.2, 0.25) is 0 Å². The fourth-order valence-corrected chi connectivity index (χ4v) is 2.31. The number of rotatable bonds is 1. The molecule has 0 fully saturated rings. The van der Waals surface area contributed by atoms with Gasteiger partial charge in [0.05, 0.1) is 5.69 Å². The molecule has 0 unspecified atom stereocenters. The predicted octanol–water partition coefficient (Wildman–Crippen LogP) is 3.80. The molecule has 92 valence electrons. The second kappa shape index (κ2) is 4.05. The SMILES string of the molecule is Fc1ccc(N2CCc3ccccc32)c(F)c1F. The summed E-state index contributed by atoms with van der Waals surface area (Å²) in [5.41, 5.74) is 2.02. The first-order valence-electron chi connectivity index (χ1n) is 5.67. The second-order valence-electron chi connectivity index (χ2n) is 4.22. The molecule has 1 nitrogen and oxygen atoms in total. The van der Waals surface area contributed by atoms with Gasteiger partial charge in [-0.2, -0.15) is 0 Å². The van der Waals surface area contributed by atoms with E-state index in [2.05, 4.69) is 0 Å². The van der Waals surface area contributed by atoms with Gasteiger partial charge >= 0.3 is 0 Å². The van der Waals surface area contributed by atoms with Crippen molar-refractivity contribution >= 4 is 11.4 Å². The molecule has 0 saturated carbocycles. The number of para-hydroxylation sites is 1. The van der Waals surface area contributed by atoms with Crippen molar-refractivity contribution in [3.8, 4) is 0 Å². The Morgan fingerprint density at radius 3 is 2.44 bits per heavy atom. The summed E-state index contributed by atoms with van der Waals surface area (Å²) in [6.45, 7) is 0.571. The molecule has 3 rings (SSSR count). The molecule has 2 aromatic rings. The third-order valence-corrected chi connectivity index (χ3v) is 3.19. The van der Waals surface area contributed by atoms with Crippen LogP contribution in [-0.4, -0.2) is 6.54 Å². The number of hydrogen-bond acceptors (Lipinski definition) is 1. The quantitative estimate of drug-likeness (QED) is 0.695. The van der Waals surface area contributed by atoms with Crippen LogP contribution < -0.4 is 4.90 Å². The molecule has 0 aliphatic carbocycles. The molecule has 18 heavy (non-hydrogen) atoms. The summed E-state index contributed by atoms with van der Waals surface area (Å²) in [6, 6.07) is 9.78. The third kappa shape index (κ3) is 1.56. The fourth-order valence-electron chi connectivity index (χ4n) is 2.31. The highest BCUT2D eigenvalue weighted by Gasteiger charge is 2.24. The lowest BCUT2D eigenvalue weighted by molar-refractivity contribution is 0.447.